The van der Waals surface area contributed by atoms with Crippen molar-refractivity contribution in [2.45, 2.75) is 6.54 Å². The Kier molecular flexibility index (Phi) is 5.75. The summed E-state index contributed by atoms with van der Waals surface area (Å²) in [5.41, 5.74) is 2.63. The fraction of sp³-hybridized carbons (Fsp3) is 0.353. The molecule has 0 aliphatic rings. The van der Waals surface area contributed by atoms with Crippen LogP contribution in [0.1, 0.15) is 5.56 Å². The first-order valence-corrected chi connectivity index (χ1v) is 7.20. The van der Waals surface area contributed by atoms with Gasteiger partial charge in [0.2, 0.25) is 0 Å². The Hall–Kier alpha value is -2.11. The minimum absolute atomic E-state index is 0.0123. The average molecular weight is 302 g/mol. The molecule has 1 N–H and O–H groups in total. The third kappa shape index (κ3) is 3.75. The molecule has 0 spiro atoms. The molecule has 1 aromatic heterocycles. The third-order valence-corrected chi connectivity index (χ3v) is 3.57. The van der Waals surface area contributed by atoms with Crippen LogP contribution >= 0.6 is 0 Å². The highest BCUT2D eigenvalue weighted by Crippen LogP contribution is 2.21. The summed E-state index contributed by atoms with van der Waals surface area (Å²) in [5.74, 6) is 0.799. The summed E-state index contributed by atoms with van der Waals surface area (Å²) >= 11 is 0. The molecule has 0 aliphatic carbocycles. The van der Waals surface area contributed by atoms with E-state index >= 15 is 0 Å². The highest BCUT2D eigenvalue weighted by molar-refractivity contribution is 5.60. The van der Waals surface area contributed by atoms with Gasteiger partial charge in [0.25, 0.3) is 5.56 Å². The van der Waals surface area contributed by atoms with Gasteiger partial charge in [-0.15, -0.1) is 0 Å². The van der Waals surface area contributed by atoms with E-state index in [-0.39, 0.29) is 5.56 Å². The van der Waals surface area contributed by atoms with Crippen molar-refractivity contribution in [2.24, 2.45) is 7.05 Å². The summed E-state index contributed by atoms with van der Waals surface area (Å²) < 4.78 is 11.8. The zero-order valence-electron chi connectivity index (χ0n) is 13.3. The van der Waals surface area contributed by atoms with Crippen LogP contribution in [0.25, 0.3) is 11.3 Å². The minimum atomic E-state index is 0.0123. The molecule has 0 fully saturated rings. The van der Waals surface area contributed by atoms with E-state index in [1.54, 1.807) is 25.8 Å². The van der Waals surface area contributed by atoms with Crippen LogP contribution in [-0.4, -0.2) is 31.9 Å². The minimum Gasteiger partial charge on any atom is -0.497 e. The Bertz CT molecular complexity index is 663. The van der Waals surface area contributed by atoms with E-state index in [9.17, 15) is 4.79 Å². The molecule has 0 aliphatic heterocycles. The Morgan fingerprint density at radius 1 is 1.09 bits per heavy atom. The van der Waals surface area contributed by atoms with Gasteiger partial charge in [-0.25, -0.2) is 0 Å². The molecule has 1 heterocycles. The summed E-state index contributed by atoms with van der Waals surface area (Å²) in [4.78, 5) is 12.4. The van der Waals surface area contributed by atoms with Gasteiger partial charge in [-0.2, -0.15) is 0 Å². The van der Waals surface area contributed by atoms with E-state index in [1.807, 2.05) is 36.4 Å². The molecule has 0 amide bonds. The summed E-state index contributed by atoms with van der Waals surface area (Å²) in [5, 5.41) is 3.19. The molecule has 2 aromatic rings. The molecule has 1 aromatic carbocycles. The molecule has 5 nitrogen and oxygen atoms in total. The molecule has 0 bridgehead atoms. The van der Waals surface area contributed by atoms with Gasteiger partial charge in [0, 0.05) is 32.8 Å². The lowest BCUT2D eigenvalue weighted by Gasteiger charge is -2.11. The number of aromatic nitrogens is 1. The second-order valence-corrected chi connectivity index (χ2v) is 5.01. The molecular formula is C17H22N2O3. The first-order valence-electron chi connectivity index (χ1n) is 7.20. The number of hydrogen-bond acceptors (Lipinski definition) is 4. The lowest BCUT2D eigenvalue weighted by molar-refractivity contribution is 0.199. The van der Waals surface area contributed by atoms with Crippen LogP contribution in [0.5, 0.6) is 5.75 Å². The SMILES string of the molecule is COCCNCc1ccc(-c2ccc(OC)cc2)n(C)c1=O. The standard InChI is InChI=1S/C17H22N2O3/c1-19-16(13-4-7-15(22-3)8-5-13)9-6-14(17(19)20)12-18-10-11-21-2/h4-9,18H,10-12H2,1-3H3. The van der Waals surface area contributed by atoms with Crippen LogP contribution in [0.2, 0.25) is 0 Å². The Labute approximate surface area is 130 Å². The summed E-state index contributed by atoms with van der Waals surface area (Å²) in [7, 11) is 5.08. The predicted molar refractivity (Wildman–Crippen MR) is 87.3 cm³/mol. The van der Waals surface area contributed by atoms with Crippen molar-refractivity contribution in [2.75, 3.05) is 27.4 Å². The van der Waals surface area contributed by atoms with Crippen LogP contribution in [0.4, 0.5) is 0 Å². The highest BCUT2D eigenvalue weighted by atomic mass is 16.5. The molecule has 5 heteroatoms. The van der Waals surface area contributed by atoms with Crippen LogP contribution < -0.4 is 15.6 Å². The second-order valence-electron chi connectivity index (χ2n) is 5.01. The predicted octanol–water partition coefficient (Wildman–Crippen LogP) is 1.80. The van der Waals surface area contributed by atoms with Gasteiger partial charge in [-0.1, -0.05) is 6.07 Å². The first kappa shape index (κ1) is 16.3. The van der Waals surface area contributed by atoms with Crippen molar-refractivity contribution in [1.82, 2.24) is 9.88 Å². The maximum absolute atomic E-state index is 12.4. The van der Waals surface area contributed by atoms with E-state index < -0.39 is 0 Å². The summed E-state index contributed by atoms with van der Waals surface area (Å²) in [6, 6.07) is 11.5. The van der Waals surface area contributed by atoms with Gasteiger partial charge in [-0.05, 0) is 35.9 Å². The fourth-order valence-corrected chi connectivity index (χ4v) is 2.27. The van der Waals surface area contributed by atoms with Gasteiger partial charge in [0.1, 0.15) is 5.75 Å². The normalized spacial score (nSPS) is 10.7. The molecule has 0 saturated carbocycles. The van der Waals surface area contributed by atoms with E-state index in [2.05, 4.69) is 5.32 Å². The number of methoxy groups -OCH3 is 2. The monoisotopic (exact) mass is 302 g/mol. The first-order chi connectivity index (χ1) is 10.7. The number of pyridine rings is 1. The molecule has 0 atom stereocenters. The topological polar surface area (TPSA) is 52.5 Å². The maximum atomic E-state index is 12.4. The molecule has 22 heavy (non-hydrogen) atoms. The number of benzene rings is 1. The number of rotatable bonds is 7. The average Bonchev–Trinajstić information content (AvgIpc) is 2.55. The molecule has 118 valence electrons. The highest BCUT2D eigenvalue weighted by Gasteiger charge is 2.07. The maximum Gasteiger partial charge on any atom is 0.255 e. The van der Waals surface area contributed by atoms with Gasteiger partial charge in [0.05, 0.1) is 19.4 Å². The van der Waals surface area contributed by atoms with Crippen molar-refractivity contribution < 1.29 is 9.47 Å². The van der Waals surface area contributed by atoms with Crippen molar-refractivity contribution >= 4 is 0 Å². The smallest absolute Gasteiger partial charge is 0.255 e. The molecule has 2 rings (SSSR count). The number of nitrogens with zero attached hydrogens (tertiary/aromatic N) is 1. The second kappa shape index (κ2) is 7.77. The number of hydrogen-bond donors (Lipinski definition) is 1. The van der Waals surface area contributed by atoms with Gasteiger partial charge >= 0.3 is 0 Å². The molecule has 0 radical (unpaired) electrons. The van der Waals surface area contributed by atoms with Crippen LogP contribution in [0.15, 0.2) is 41.2 Å². The lowest BCUT2D eigenvalue weighted by Crippen LogP contribution is -2.27. The fourth-order valence-electron chi connectivity index (χ4n) is 2.27. The van der Waals surface area contributed by atoms with E-state index in [0.717, 1.165) is 29.1 Å². The molecule has 0 saturated heterocycles. The van der Waals surface area contributed by atoms with E-state index in [1.165, 1.54) is 0 Å². The van der Waals surface area contributed by atoms with Crippen LogP contribution in [-0.2, 0) is 18.3 Å². The van der Waals surface area contributed by atoms with E-state index in [0.29, 0.717) is 13.2 Å². The quantitative estimate of drug-likeness (QED) is 0.792. The Morgan fingerprint density at radius 3 is 2.45 bits per heavy atom. The summed E-state index contributed by atoms with van der Waals surface area (Å²) in [6.07, 6.45) is 0. The number of ether oxygens (including phenoxy) is 2. The zero-order chi connectivity index (χ0) is 15.9. The van der Waals surface area contributed by atoms with Crippen LogP contribution in [0, 0.1) is 0 Å². The van der Waals surface area contributed by atoms with Gasteiger partial charge in [-0.3, -0.25) is 4.79 Å². The van der Waals surface area contributed by atoms with Crippen molar-refractivity contribution in [3.05, 3.63) is 52.3 Å². The number of nitrogens with one attached hydrogen (secondary N) is 1. The zero-order valence-corrected chi connectivity index (χ0v) is 13.3. The van der Waals surface area contributed by atoms with Crippen molar-refractivity contribution in [3.8, 4) is 17.0 Å². The largest absolute Gasteiger partial charge is 0.497 e. The Morgan fingerprint density at radius 2 is 1.82 bits per heavy atom. The van der Waals surface area contributed by atoms with E-state index in [4.69, 9.17) is 9.47 Å². The van der Waals surface area contributed by atoms with Gasteiger partial charge in [0.15, 0.2) is 0 Å². The van der Waals surface area contributed by atoms with Crippen molar-refractivity contribution in [3.63, 3.8) is 0 Å². The Balaban J connectivity index is 2.20. The van der Waals surface area contributed by atoms with Gasteiger partial charge < -0.3 is 19.4 Å². The van der Waals surface area contributed by atoms with Crippen LogP contribution in [0.3, 0.4) is 0 Å². The molecular weight excluding hydrogens is 280 g/mol. The molecule has 0 unspecified atom stereocenters. The lowest BCUT2D eigenvalue weighted by atomic mass is 10.1. The third-order valence-electron chi connectivity index (χ3n) is 3.57. The van der Waals surface area contributed by atoms with Crippen molar-refractivity contribution in [1.29, 1.82) is 0 Å². The summed E-state index contributed by atoms with van der Waals surface area (Å²) in [6.45, 7) is 1.89.